The van der Waals surface area contributed by atoms with Gasteiger partial charge in [0.2, 0.25) is 0 Å². The summed E-state index contributed by atoms with van der Waals surface area (Å²) in [6.07, 6.45) is 1.65. The quantitative estimate of drug-likeness (QED) is 0.772. The highest BCUT2D eigenvalue weighted by Crippen LogP contribution is 2.34. The average Bonchev–Trinajstić information content (AvgIpc) is 2.94. The molecule has 3 aromatic rings. The fraction of sp³-hybridized carbons (Fsp3) is 0.133. The number of pyridine rings is 1. The lowest BCUT2D eigenvalue weighted by Crippen LogP contribution is -1.92. The van der Waals surface area contributed by atoms with Gasteiger partial charge >= 0.3 is 0 Å². The standard InChI is InChI=1S/C15H12N4O/c1-9-3-4-11-10(12-8-17-19-13(12)7-16)5-6-14(20-2)15(11)18-9/h3-6,8H,1-2H3,(H,17,19). The van der Waals surface area contributed by atoms with Gasteiger partial charge in [0.25, 0.3) is 0 Å². The number of fused-ring (bicyclic) bond motifs is 1. The number of ether oxygens (including phenoxy) is 1. The van der Waals surface area contributed by atoms with E-state index in [0.717, 1.165) is 33.5 Å². The Hall–Kier alpha value is -2.87. The molecule has 0 aliphatic carbocycles. The largest absolute Gasteiger partial charge is 0.494 e. The lowest BCUT2D eigenvalue weighted by Gasteiger charge is -2.09. The molecule has 1 N–H and O–H groups in total. The van der Waals surface area contributed by atoms with E-state index in [9.17, 15) is 0 Å². The van der Waals surface area contributed by atoms with Crippen molar-refractivity contribution in [3.8, 4) is 22.9 Å². The number of nitrogens with one attached hydrogen (secondary N) is 1. The van der Waals surface area contributed by atoms with Gasteiger partial charge in [0.1, 0.15) is 23.0 Å². The molecule has 5 nitrogen and oxygen atoms in total. The first-order valence-corrected chi connectivity index (χ1v) is 6.13. The van der Waals surface area contributed by atoms with Crippen LogP contribution in [-0.4, -0.2) is 22.3 Å². The lowest BCUT2D eigenvalue weighted by molar-refractivity contribution is 0.419. The first kappa shape index (κ1) is 12.2. The van der Waals surface area contributed by atoms with Crippen molar-refractivity contribution in [3.05, 3.63) is 41.9 Å². The van der Waals surface area contributed by atoms with Crippen molar-refractivity contribution in [2.24, 2.45) is 0 Å². The van der Waals surface area contributed by atoms with Gasteiger partial charge in [-0.25, -0.2) is 4.98 Å². The maximum absolute atomic E-state index is 9.12. The van der Waals surface area contributed by atoms with Crippen molar-refractivity contribution in [1.29, 1.82) is 5.26 Å². The summed E-state index contributed by atoms with van der Waals surface area (Å²) in [6, 6.07) is 9.82. The maximum Gasteiger partial charge on any atom is 0.145 e. The van der Waals surface area contributed by atoms with Gasteiger partial charge in [0.15, 0.2) is 0 Å². The Morgan fingerprint density at radius 1 is 1.20 bits per heavy atom. The molecule has 1 aromatic carbocycles. The van der Waals surface area contributed by atoms with Crippen LogP contribution in [0.5, 0.6) is 5.75 Å². The zero-order valence-electron chi connectivity index (χ0n) is 11.1. The van der Waals surface area contributed by atoms with Gasteiger partial charge in [0.05, 0.1) is 13.3 Å². The molecular formula is C15H12N4O. The molecule has 0 unspecified atom stereocenters. The van der Waals surface area contributed by atoms with Gasteiger partial charge in [-0.2, -0.15) is 10.4 Å². The number of methoxy groups -OCH3 is 1. The fourth-order valence-electron chi connectivity index (χ4n) is 2.26. The van der Waals surface area contributed by atoms with Crippen molar-refractivity contribution < 1.29 is 4.74 Å². The summed E-state index contributed by atoms with van der Waals surface area (Å²) in [5.74, 6) is 0.717. The van der Waals surface area contributed by atoms with Crippen molar-refractivity contribution >= 4 is 10.9 Å². The summed E-state index contributed by atoms with van der Waals surface area (Å²) in [7, 11) is 1.62. The van der Waals surface area contributed by atoms with Crippen LogP contribution in [0, 0.1) is 18.3 Å². The van der Waals surface area contributed by atoms with Crippen LogP contribution in [0.2, 0.25) is 0 Å². The zero-order chi connectivity index (χ0) is 14.1. The van der Waals surface area contributed by atoms with E-state index >= 15 is 0 Å². The number of aromatic nitrogens is 3. The summed E-state index contributed by atoms with van der Waals surface area (Å²) >= 11 is 0. The average molecular weight is 264 g/mol. The number of hydrogen-bond donors (Lipinski definition) is 1. The van der Waals surface area contributed by atoms with E-state index in [1.165, 1.54) is 0 Å². The third-order valence-corrected chi connectivity index (χ3v) is 3.22. The van der Waals surface area contributed by atoms with Crippen LogP contribution >= 0.6 is 0 Å². The first-order valence-electron chi connectivity index (χ1n) is 6.13. The lowest BCUT2D eigenvalue weighted by atomic mass is 10.0. The molecule has 5 heteroatoms. The van der Waals surface area contributed by atoms with Crippen molar-refractivity contribution in [2.45, 2.75) is 6.92 Å². The van der Waals surface area contributed by atoms with Crippen LogP contribution in [0.4, 0.5) is 0 Å². The molecule has 0 aliphatic heterocycles. The third kappa shape index (κ3) is 1.79. The first-order chi connectivity index (χ1) is 9.74. The number of aromatic amines is 1. The molecule has 2 heterocycles. The number of nitriles is 1. The molecule has 0 spiro atoms. The number of H-pyrrole nitrogens is 1. The van der Waals surface area contributed by atoms with E-state index in [-0.39, 0.29) is 0 Å². The monoisotopic (exact) mass is 264 g/mol. The number of benzene rings is 1. The van der Waals surface area contributed by atoms with Gasteiger partial charge in [-0.3, -0.25) is 5.10 Å². The molecule has 0 bridgehead atoms. The van der Waals surface area contributed by atoms with Crippen LogP contribution in [0.25, 0.3) is 22.0 Å². The smallest absolute Gasteiger partial charge is 0.145 e. The second-order valence-electron chi connectivity index (χ2n) is 4.43. The normalized spacial score (nSPS) is 10.4. The minimum atomic E-state index is 0.442. The number of aryl methyl sites for hydroxylation is 1. The Kier molecular flexibility index (Phi) is 2.84. The van der Waals surface area contributed by atoms with E-state index < -0.39 is 0 Å². The molecular weight excluding hydrogens is 252 g/mol. The van der Waals surface area contributed by atoms with Crippen molar-refractivity contribution in [2.75, 3.05) is 7.11 Å². The molecule has 3 rings (SSSR count). The van der Waals surface area contributed by atoms with E-state index in [1.54, 1.807) is 13.3 Å². The molecule has 0 radical (unpaired) electrons. The molecule has 2 aromatic heterocycles. The predicted molar refractivity (Wildman–Crippen MR) is 75.3 cm³/mol. The van der Waals surface area contributed by atoms with Gasteiger partial charge in [-0.15, -0.1) is 0 Å². The van der Waals surface area contributed by atoms with Crippen molar-refractivity contribution in [1.82, 2.24) is 15.2 Å². The Labute approximate surface area is 115 Å². The van der Waals surface area contributed by atoms with Crippen molar-refractivity contribution in [3.63, 3.8) is 0 Å². The molecule has 0 amide bonds. The van der Waals surface area contributed by atoms with E-state index in [2.05, 4.69) is 21.3 Å². The molecule has 0 saturated heterocycles. The fourth-order valence-corrected chi connectivity index (χ4v) is 2.26. The van der Waals surface area contributed by atoms with Crippen LogP contribution in [-0.2, 0) is 0 Å². The summed E-state index contributed by atoms with van der Waals surface area (Å²) in [5.41, 5.74) is 3.83. The highest BCUT2D eigenvalue weighted by molar-refractivity contribution is 5.98. The van der Waals surface area contributed by atoms with Gasteiger partial charge in [-0.05, 0) is 30.7 Å². The number of hydrogen-bond acceptors (Lipinski definition) is 4. The van der Waals surface area contributed by atoms with Gasteiger partial charge < -0.3 is 4.74 Å². The Balaban J connectivity index is 2.36. The van der Waals surface area contributed by atoms with E-state index in [4.69, 9.17) is 10.00 Å². The molecule has 0 atom stereocenters. The van der Waals surface area contributed by atoms with Crippen LogP contribution in [0.3, 0.4) is 0 Å². The van der Waals surface area contributed by atoms with Gasteiger partial charge in [-0.1, -0.05) is 6.07 Å². The van der Waals surface area contributed by atoms with Crippen LogP contribution < -0.4 is 4.74 Å². The van der Waals surface area contributed by atoms with Crippen LogP contribution in [0.15, 0.2) is 30.5 Å². The van der Waals surface area contributed by atoms with Gasteiger partial charge in [0, 0.05) is 16.6 Å². The molecule has 98 valence electrons. The third-order valence-electron chi connectivity index (χ3n) is 3.22. The maximum atomic E-state index is 9.12. The topological polar surface area (TPSA) is 74.6 Å². The highest BCUT2D eigenvalue weighted by atomic mass is 16.5. The van der Waals surface area contributed by atoms with E-state index in [0.29, 0.717) is 5.69 Å². The Bertz CT molecular complexity index is 829. The predicted octanol–water partition coefficient (Wildman–Crippen LogP) is 2.81. The zero-order valence-corrected chi connectivity index (χ0v) is 11.1. The number of nitrogens with zero attached hydrogens (tertiary/aromatic N) is 3. The molecule has 0 saturated carbocycles. The van der Waals surface area contributed by atoms with Crippen LogP contribution in [0.1, 0.15) is 11.4 Å². The molecule has 0 aliphatic rings. The highest BCUT2D eigenvalue weighted by Gasteiger charge is 2.13. The summed E-state index contributed by atoms with van der Waals surface area (Å²) in [6.45, 7) is 1.93. The summed E-state index contributed by atoms with van der Waals surface area (Å²) < 4.78 is 5.36. The molecule has 20 heavy (non-hydrogen) atoms. The summed E-state index contributed by atoms with van der Waals surface area (Å²) in [4.78, 5) is 4.53. The second kappa shape index (κ2) is 4.67. The Morgan fingerprint density at radius 3 is 2.80 bits per heavy atom. The minimum Gasteiger partial charge on any atom is -0.494 e. The molecule has 0 fully saturated rings. The van der Waals surface area contributed by atoms with E-state index in [1.807, 2.05) is 31.2 Å². The summed E-state index contributed by atoms with van der Waals surface area (Å²) in [5, 5.41) is 16.7. The number of rotatable bonds is 2. The Morgan fingerprint density at radius 2 is 2.05 bits per heavy atom. The second-order valence-corrected chi connectivity index (χ2v) is 4.43. The minimum absolute atomic E-state index is 0.442. The SMILES string of the molecule is COc1ccc(-c2cn[nH]c2C#N)c2ccc(C)nc12.